The number of hydrogen-bond donors (Lipinski definition) is 0. The standard InChI is InChI=1S/C9H18N2O2/c1-8-4-3-5-10(6-8)7-9(2)11(12)13/h8-9H,3-7H2,1-2H3. The third-order valence-corrected chi connectivity index (χ3v) is 2.62. The minimum atomic E-state index is -0.426. The van der Waals surface area contributed by atoms with Gasteiger partial charge in [0.2, 0.25) is 6.04 Å². The molecule has 0 spiro atoms. The number of piperidine rings is 1. The van der Waals surface area contributed by atoms with E-state index in [4.69, 9.17) is 0 Å². The van der Waals surface area contributed by atoms with Gasteiger partial charge in [-0.1, -0.05) is 6.92 Å². The van der Waals surface area contributed by atoms with Crippen molar-refractivity contribution in [3.63, 3.8) is 0 Å². The van der Waals surface area contributed by atoms with Crippen molar-refractivity contribution in [1.29, 1.82) is 0 Å². The molecule has 0 amide bonds. The molecule has 0 aromatic heterocycles. The van der Waals surface area contributed by atoms with Crippen LogP contribution < -0.4 is 0 Å². The maximum Gasteiger partial charge on any atom is 0.222 e. The van der Waals surface area contributed by atoms with Gasteiger partial charge >= 0.3 is 0 Å². The molecule has 1 fully saturated rings. The van der Waals surface area contributed by atoms with Gasteiger partial charge in [-0.25, -0.2) is 0 Å². The molecule has 0 N–H and O–H groups in total. The van der Waals surface area contributed by atoms with E-state index in [-0.39, 0.29) is 4.92 Å². The first-order chi connectivity index (χ1) is 6.09. The van der Waals surface area contributed by atoms with Crippen LogP contribution >= 0.6 is 0 Å². The summed E-state index contributed by atoms with van der Waals surface area (Å²) in [5, 5.41) is 10.4. The van der Waals surface area contributed by atoms with Crippen LogP contribution in [0.5, 0.6) is 0 Å². The highest BCUT2D eigenvalue weighted by atomic mass is 16.6. The van der Waals surface area contributed by atoms with E-state index in [2.05, 4.69) is 11.8 Å². The summed E-state index contributed by atoms with van der Waals surface area (Å²) in [4.78, 5) is 12.4. The second kappa shape index (κ2) is 4.56. The van der Waals surface area contributed by atoms with Crippen LogP contribution in [0.1, 0.15) is 26.7 Å². The van der Waals surface area contributed by atoms with Gasteiger partial charge in [0.1, 0.15) is 0 Å². The van der Waals surface area contributed by atoms with Crippen LogP contribution in [0.2, 0.25) is 0 Å². The lowest BCUT2D eigenvalue weighted by Crippen LogP contribution is -2.40. The fourth-order valence-electron chi connectivity index (χ4n) is 1.89. The molecule has 1 rings (SSSR count). The first-order valence-electron chi connectivity index (χ1n) is 4.95. The molecular formula is C9H18N2O2. The zero-order valence-electron chi connectivity index (χ0n) is 8.40. The molecule has 1 aliphatic rings. The van der Waals surface area contributed by atoms with Crippen molar-refractivity contribution in [3.8, 4) is 0 Å². The molecule has 2 unspecified atom stereocenters. The van der Waals surface area contributed by atoms with Crippen molar-refractivity contribution < 1.29 is 4.92 Å². The molecule has 76 valence electrons. The largest absolute Gasteiger partial charge is 0.297 e. The molecule has 13 heavy (non-hydrogen) atoms. The Morgan fingerprint density at radius 2 is 2.38 bits per heavy atom. The maximum atomic E-state index is 10.4. The number of nitro groups is 1. The lowest BCUT2D eigenvalue weighted by atomic mass is 10.00. The lowest BCUT2D eigenvalue weighted by molar-refractivity contribution is -0.518. The maximum absolute atomic E-state index is 10.4. The summed E-state index contributed by atoms with van der Waals surface area (Å²) < 4.78 is 0. The molecule has 4 heteroatoms. The molecule has 0 aliphatic carbocycles. The van der Waals surface area contributed by atoms with E-state index in [0.29, 0.717) is 12.5 Å². The van der Waals surface area contributed by atoms with Crippen molar-refractivity contribution >= 4 is 0 Å². The highest BCUT2D eigenvalue weighted by Gasteiger charge is 2.22. The van der Waals surface area contributed by atoms with Crippen LogP contribution in [0.25, 0.3) is 0 Å². The predicted octanol–water partition coefficient (Wildman–Crippen LogP) is 1.38. The lowest BCUT2D eigenvalue weighted by Gasteiger charge is -2.30. The van der Waals surface area contributed by atoms with E-state index >= 15 is 0 Å². The van der Waals surface area contributed by atoms with E-state index in [1.165, 1.54) is 12.8 Å². The molecule has 2 atom stereocenters. The van der Waals surface area contributed by atoms with E-state index in [9.17, 15) is 10.1 Å². The fraction of sp³-hybridized carbons (Fsp3) is 1.00. The van der Waals surface area contributed by atoms with Crippen LogP contribution in [0, 0.1) is 16.0 Å². The average molecular weight is 186 g/mol. The third-order valence-electron chi connectivity index (χ3n) is 2.62. The highest BCUT2D eigenvalue weighted by molar-refractivity contribution is 4.71. The van der Waals surface area contributed by atoms with E-state index in [0.717, 1.165) is 13.1 Å². The summed E-state index contributed by atoms with van der Waals surface area (Å²) in [5.41, 5.74) is 0. The van der Waals surface area contributed by atoms with Gasteiger partial charge in [-0.3, -0.25) is 15.0 Å². The van der Waals surface area contributed by atoms with Gasteiger partial charge in [-0.05, 0) is 25.3 Å². The van der Waals surface area contributed by atoms with Gasteiger partial charge in [0.15, 0.2) is 0 Å². The smallest absolute Gasteiger partial charge is 0.222 e. The summed E-state index contributed by atoms with van der Waals surface area (Å²) >= 11 is 0. The van der Waals surface area contributed by atoms with Crippen molar-refractivity contribution in [3.05, 3.63) is 10.1 Å². The quantitative estimate of drug-likeness (QED) is 0.494. The number of hydrogen-bond acceptors (Lipinski definition) is 3. The van der Waals surface area contributed by atoms with Crippen molar-refractivity contribution in [2.75, 3.05) is 19.6 Å². The third kappa shape index (κ3) is 3.30. The zero-order valence-corrected chi connectivity index (χ0v) is 8.40. The Hall–Kier alpha value is -0.640. The van der Waals surface area contributed by atoms with Gasteiger partial charge < -0.3 is 0 Å². The Balaban J connectivity index is 2.31. The molecule has 0 aromatic carbocycles. The first kappa shape index (κ1) is 10.4. The zero-order chi connectivity index (χ0) is 9.84. The minimum absolute atomic E-state index is 0.195. The summed E-state index contributed by atoms with van der Waals surface area (Å²) in [6.07, 6.45) is 2.45. The van der Waals surface area contributed by atoms with E-state index in [1.807, 2.05) is 0 Å². The van der Waals surface area contributed by atoms with Gasteiger partial charge in [-0.15, -0.1) is 0 Å². The van der Waals surface area contributed by atoms with Crippen molar-refractivity contribution in [2.24, 2.45) is 5.92 Å². The van der Waals surface area contributed by atoms with Gasteiger partial charge in [0.05, 0.1) is 6.54 Å². The van der Waals surface area contributed by atoms with E-state index < -0.39 is 6.04 Å². The first-order valence-corrected chi connectivity index (χ1v) is 4.95. The second-order valence-corrected chi connectivity index (χ2v) is 4.14. The SMILES string of the molecule is CC1CCCN(CC(C)[N+](=O)[O-])C1. The average Bonchev–Trinajstić information content (AvgIpc) is 2.04. The molecule has 0 radical (unpaired) electrons. The second-order valence-electron chi connectivity index (χ2n) is 4.14. The van der Waals surface area contributed by atoms with Crippen LogP contribution in [-0.2, 0) is 0 Å². The summed E-state index contributed by atoms with van der Waals surface area (Å²) in [6, 6.07) is -0.426. The van der Waals surface area contributed by atoms with Crippen LogP contribution in [0.4, 0.5) is 0 Å². The molecule has 1 saturated heterocycles. The monoisotopic (exact) mass is 186 g/mol. The molecule has 4 nitrogen and oxygen atoms in total. The van der Waals surface area contributed by atoms with Crippen LogP contribution in [-0.4, -0.2) is 35.5 Å². The summed E-state index contributed by atoms with van der Waals surface area (Å²) in [5.74, 6) is 0.702. The molecule has 1 aliphatic heterocycles. The highest BCUT2D eigenvalue weighted by Crippen LogP contribution is 2.15. The van der Waals surface area contributed by atoms with Gasteiger partial charge in [-0.2, -0.15) is 0 Å². The van der Waals surface area contributed by atoms with E-state index in [1.54, 1.807) is 6.92 Å². The molecule has 1 heterocycles. The summed E-state index contributed by atoms with van der Waals surface area (Å²) in [6.45, 7) is 6.56. The Morgan fingerprint density at radius 3 is 2.92 bits per heavy atom. The minimum Gasteiger partial charge on any atom is -0.297 e. The van der Waals surface area contributed by atoms with Crippen LogP contribution in [0.15, 0.2) is 0 Å². The van der Waals surface area contributed by atoms with Crippen molar-refractivity contribution in [2.45, 2.75) is 32.7 Å². The summed E-state index contributed by atoms with van der Waals surface area (Å²) in [7, 11) is 0. The Labute approximate surface area is 79.1 Å². The molecule has 0 bridgehead atoms. The van der Waals surface area contributed by atoms with Gasteiger partial charge in [0.25, 0.3) is 0 Å². The normalized spacial score (nSPS) is 27.1. The van der Waals surface area contributed by atoms with Crippen LogP contribution in [0.3, 0.4) is 0 Å². The molecular weight excluding hydrogens is 168 g/mol. The number of likely N-dealkylation sites (tertiary alicyclic amines) is 1. The predicted molar refractivity (Wildman–Crippen MR) is 51.3 cm³/mol. The Kier molecular flexibility index (Phi) is 3.66. The molecule has 0 saturated carbocycles. The molecule has 0 aromatic rings. The van der Waals surface area contributed by atoms with Crippen molar-refractivity contribution in [1.82, 2.24) is 4.90 Å². The number of rotatable bonds is 3. The Bertz CT molecular complexity index is 184. The Morgan fingerprint density at radius 1 is 1.69 bits per heavy atom. The fourth-order valence-corrected chi connectivity index (χ4v) is 1.89. The number of nitrogens with zero attached hydrogens (tertiary/aromatic N) is 2. The van der Waals surface area contributed by atoms with Gasteiger partial charge in [0, 0.05) is 18.4 Å². The topological polar surface area (TPSA) is 46.4 Å².